The molecule has 9 nitrogen and oxygen atoms in total. The van der Waals surface area contributed by atoms with Crippen molar-refractivity contribution in [1.82, 2.24) is 9.99 Å². The number of benzene rings is 1. The molecule has 0 spiro atoms. The number of hydrogen-bond acceptors (Lipinski definition) is 6. The third kappa shape index (κ3) is 5.89. The lowest BCUT2D eigenvalue weighted by molar-refractivity contribution is -0.384. The lowest BCUT2D eigenvalue weighted by Gasteiger charge is -2.17. The number of ether oxygens (including phenoxy) is 1. The molecule has 0 radical (unpaired) electrons. The highest BCUT2D eigenvalue weighted by atomic mass is 19.4. The van der Waals surface area contributed by atoms with Gasteiger partial charge in [0.2, 0.25) is 0 Å². The number of amides is 1. The molecule has 2 aromatic rings. The number of nitrogens with zero attached hydrogens (tertiary/aromatic N) is 3. The quantitative estimate of drug-likeness (QED) is 0.260. The molecule has 0 aliphatic heterocycles. The largest absolute Gasteiger partial charge is 0.416 e. The Bertz CT molecular complexity index is 1130. The van der Waals surface area contributed by atoms with Gasteiger partial charge >= 0.3 is 6.18 Å². The van der Waals surface area contributed by atoms with Gasteiger partial charge < -0.3 is 9.30 Å². The fourth-order valence-corrected chi connectivity index (χ4v) is 3.40. The second kappa shape index (κ2) is 10.2. The molecule has 0 bridgehead atoms. The molecule has 1 aromatic heterocycles. The predicted octanol–water partition coefficient (Wildman–Crippen LogP) is 4.29. The minimum Gasteiger partial charge on any atom is -0.383 e. The second-order valence-electron chi connectivity index (χ2n) is 7.24. The van der Waals surface area contributed by atoms with E-state index in [4.69, 9.17) is 4.74 Å². The van der Waals surface area contributed by atoms with Crippen LogP contribution in [0, 0.1) is 35.3 Å². The Kier molecular flexibility index (Phi) is 7.84. The fraction of sp³-hybridized carbons (Fsp3) is 0.333. The summed E-state index contributed by atoms with van der Waals surface area (Å²) in [7, 11) is 1.58. The van der Waals surface area contributed by atoms with Gasteiger partial charge in [0, 0.05) is 24.6 Å². The molecule has 1 amide bonds. The minimum atomic E-state index is -4.77. The highest BCUT2D eigenvalue weighted by molar-refractivity contribution is 6.02. The molecule has 176 valence electrons. The van der Waals surface area contributed by atoms with Gasteiger partial charge in [-0.1, -0.05) is 0 Å². The number of anilines is 1. The maximum Gasteiger partial charge on any atom is 0.416 e. The van der Waals surface area contributed by atoms with E-state index in [0.29, 0.717) is 24.3 Å². The van der Waals surface area contributed by atoms with Crippen LogP contribution in [0.4, 0.5) is 24.5 Å². The molecule has 1 unspecified atom stereocenters. The molecule has 0 fully saturated rings. The number of methoxy groups -OCH3 is 1. The lowest BCUT2D eigenvalue weighted by atomic mass is 10.1. The van der Waals surface area contributed by atoms with Crippen molar-refractivity contribution in [2.75, 3.05) is 19.1 Å². The summed E-state index contributed by atoms with van der Waals surface area (Å²) < 4.78 is 45.6. The van der Waals surface area contributed by atoms with Crippen molar-refractivity contribution in [2.24, 2.45) is 0 Å². The number of nitro benzene ring substituents is 1. The van der Waals surface area contributed by atoms with Crippen LogP contribution in [-0.4, -0.2) is 29.1 Å². The van der Waals surface area contributed by atoms with Crippen LogP contribution in [0.1, 0.15) is 35.5 Å². The number of carbonyl (C=O) groups excluding carboxylic acids is 1. The molecule has 0 saturated carbocycles. The SMILES string of the molecule is COCC(C)n1c(C)cc(/C=C(/C#N)C(=O)NNc2ccc(C(F)(F)F)cc2[N+](=O)[O-])c1C. The van der Waals surface area contributed by atoms with E-state index in [1.807, 2.05) is 25.3 Å². The third-order valence-corrected chi connectivity index (χ3v) is 4.87. The van der Waals surface area contributed by atoms with Gasteiger partial charge in [-0.15, -0.1) is 0 Å². The molecule has 33 heavy (non-hydrogen) atoms. The standard InChI is InChI=1S/C21H22F3N5O4/c1-12-7-15(14(3)28(12)13(2)11-33-4)8-16(10-25)20(30)27-26-18-6-5-17(21(22,23)24)9-19(18)29(31)32/h5-9,13,26H,11H2,1-4H3,(H,27,30)/b16-8-. The number of aromatic nitrogens is 1. The summed E-state index contributed by atoms with van der Waals surface area (Å²) >= 11 is 0. The average Bonchev–Trinajstić information content (AvgIpc) is 3.02. The molecule has 1 atom stereocenters. The van der Waals surface area contributed by atoms with Gasteiger partial charge in [0.25, 0.3) is 11.6 Å². The van der Waals surface area contributed by atoms with Crippen LogP contribution in [-0.2, 0) is 15.7 Å². The van der Waals surface area contributed by atoms with Gasteiger partial charge in [0.1, 0.15) is 17.3 Å². The van der Waals surface area contributed by atoms with Gasteiger partial charge in [0.05, 0.1) is 23.1 Å². The average molecular weight is 465 g/mol. The maximum absolute atomic E-state index is 12.8. The van der Waals surface area contributed by atoms with Crippen LogP contribution >= 0.6 is 0 Å². The van der Waals surface area contributed by atoms with Crippen molar-refractivity contribution < 1.29 is 27.6 Å². The zero-order valence-corrected chi connectivity index (χ0v) is 18.3. The molecular formula is C21H22F3N5O4. The van der Waals surface area contributed by atoms with E-state index in [1.165, 1.54) is 6.08 Å². The van der Waals surface area contributed by atoms with E-state index in [-0.39, 0.29) is 17.3 Å². The van der Waals surface area contributed by atoms with Gasteiger partial charge in [0.15, 0.2) is 0 Å². The summed E-state index contributed by atoms with van der Waals surface area (Å²) in [5.41, 5.74) is 3.86. The van der Waals surface area contributed by atoms with E-state index in [0.717, 1.165) is 17.5 Å². The zero-order chi connectivity index (χ0) is 24.9. The maximum atomic E-state index is 12.8. The fourth-order valence-electron chi connectivity index (χ4n) is 3.40. The molecule has 2 N–H and O–H groups in total. The first-order chi connectivity index (χ1) is 15.4. The number of nitriles is 1. The highest BCUT2D eigenvalue weighted by Crippen LogP contribution is 2.34. The van der Waals surface area contributed by atoms with Gasteiger partial charge in [-0.2, -0.15) is 18.4 Å². The van der Waals surface area contributed by atoms with Crippen LogP contribution in [0.15, 0.2) is 29.8 Å². The van der Waals surface area contributed by atoms with E-state index in [9.17, 15) is 33.3 Å². The van der Waals surface area contributed by atoms with Crippen molar-refractivity contribution in [3.05, 3.63) is 62.5 Å². The Morgan fingerprint density at radius 3 is 2.58 bits per heavy atom. The number of hydrazine groups is 1. The molecule has 0 aliphatic rings. The summed E-state index contributed by atoms with van der Waals surface area (Å²) in [5.74, 6) is -0.915. The number of halogens is 3. The van der Waals surface area contributed by atoms with Crippen LogP contribution in [0.25, 0.3) is 6.08 Å². The van der Waals surface area contributed by atoms with Gasteiger partial charge in [-0.05, 0) is 50.6 Å². The van der Waals surface area contributed by atoms with E-state index in [2.05, 4.69) is 10.9 Å². The Morgan fingerprint density at radius 1 is 1.36 bits per heavy atom. The number of hydrogen-bond donors (Lipinski definition) is 2. The van der Waals surface area contributed by atoms with Gasteiger partial charge in [-0.25, -0.2) is 0 Å². The van der Waals surface area contributed by atoms with Crippen molar-refractivity contribution >= 4 is 23.4 Å². The van der Waals surface area contributed by atoms with Crippen molar-refractivity contribution in [3.63, 3.8) is 0 Å². The van der Waals surface area contributed by atoms with Crippen LogP contribution in [0.5, 0.6) is 0 Å². The highest BCUT2D eigenvalue weighted by Gasteiger charge is 2.33. The Morgan fingerprint density at radius 2 is 2.03 bits per heavy atom. The Labute approximate surface area is 187 Å². The summed E-state index contributed by atoms with van der Waals surface area (Å²) in [6.07, 6.45) is -3.41. The second-order valence-corrected chi connectivity index (χ2v) is 7.24. The van der Waals surface area contributed by atoms with Crippen LogP contribution in [0.2, 0.25) is 0 Å². The van der Waals surface area contributed by atoms with Crippen molar-refractivity contribution in [2.45, 2.75) is 33.0 Å². The number of nitro groups is 1. The van der Waals surface area contributed by atoms with E-state index in [1.54, 1.807) is 19.2 Å². The van der Waals surface area contributed by atoms with E-state index < -0.39 is 28.3 Å². The molecule has 1 heterocycles. The molecular weight excluding hydrogens is 443 g/mol. The normalized spacial score (nSPS) is 12.7. The number of carbonyl (C=O) groups is 1. The minimum absolute atomic E-state index is 0.0124. The summed E-state index contributed by atoms with van der Waals surface area (Å²) in [6, 6.07) is 5.37. The predicted molar refractivity (Wildman–Crippen MR) is 114 cm³/mol. The summed E-state index contributed by atoms with van der Waals surface area (Å²) in [5, 5.41) is 20.6. The van der Waals surface area contributed by atoms with Crippen molar-refractivity contribution in [1.29, 1.82) is 5.26 Å². The smallest absolute Gasteiger partial charge is 0.383 e. The number of rotatable bonds is 8. The monoisotopic (exact) mass is 465 g/mol. The van der Waals surface area contributed by atoms with E-state index >= 15 is 0 Å². The first kappa shape index (κ1) is 25.4. The molecule has 0 saturated heterocycles. The Balaban J connectivity index is 2.27. The first-order valence-corrected chi connectivity index (χ1v) is 9.61. The molecule has 0 aliphatic carbocycles. The van der Waals surface area contributed by atoms with Crippen LogP contribution in [0.3, 0.4) is 0 Å². The zero-order valence-electron chi connectivity index (χ0n) is 18.3. The third-order valence-electron chi connectivity index (χ3n) is 4.87. The topological polar surface area (TPSA) is 122 Å². The van der Waals surface area contributed by atoms with Crippen LogP contribution < -0.4 is 10.9 Å². The van der Waals surface area contributed by atoms with Gasteiger partial charge in [-0.3, -0.25) is 25.8 Å². The number of aryl methyl sites for hydroxylation is 1. The summed E-state index contributed by atoms with van der Waals surface area (Å²) in [6.45, 7) is 6.10. The number of alkyl halides is 3. The molecule has 2 rings (SSSR count). The molecule has 1 aromatic carbocycles. The van der Waals surface area contributed by atoms with Crippen molar-refractivity contribution in [3.8, 4) is 6.07 Å². The molecule has 12 heteroatoms. The number of nitrogens with one attached hydrogen (secondary N) is 2. The lowest BCUT2D eigenvalue weighted by Crippen LogP contribution is -2.30. The first-order valence-electron chi connectivity index (χ1n) is 9.61. The summed E-state index contributed by atoms with van der Waals surface area (Å²) in [4.78, 5) is 22.6. The Hall–Kier alpha value is -3.85.